The van der Waals surface area contributed by atoms with Crippen LogP contribution in [-0.4, -0.2) is 42.2 Å². The summed E-state index contributed by atoms with van der Waals surface area (Å²) in [6.45, 7) is 3.07. The molecule has 1 aliphatic heterocycles. The monoisotopic (exact) mass is 420 g/mol. The molecule has 157 valence electrons. The number of rotatable bonds is 4. The average Bonchev–Trinajstić information content (AvgIpc) is 2.73. The average molecular weight is 420 g/mol. The molecule has 0 aliphatic carbocycles. The second-order valence-corrected chi connectivity index (χ2v) is 7.32. The van der Waals surface area contributed by atoms with Crippen molar-refractivity contribution in [3.8, 4) is 0 Å². The minimum absolute atomic E-state index is 0.320. The lowest BCUT2D eigenvalue weighted by atomic mass is 10.0. The number of fused-ring (bicyclic) bond motifs is 1. The highest BCUT2D eigenvalue weighted by Crippen LogP contribution is 2.43. The van der Waals surface area contributed by atoms with Gasteiger partial charge in [0.05, 0.1) is 5.52 Å². The van der Waals surface area contributed by atoms with Crippen molar-refractivity contribution >= 4 is 16.6 Å². The lowest BCUT2D eigenvalue weighted by molar-refractivity contribution is -0.289. The highest BCUT2D eigenvalue weighted by molar-refractivity contribution is 5.81. The van der Waals surface area contributed by atoms with E-state index in [1.165, 1.54) is 6.07 Å². The highest BCUT2D eigenvalue weighted by Gasteiger charge is 2.58. The maximum absolute atomic E-state index is 13.6. The molecule has 0 saturated carbocycles. The predicted molar refractivity (Wildman–Crippen MR) is 104 cm³/mol. The van der Waals surface area contributed by atoms with Gasteiger partial charge in [-0.3, -0.25) is 9.88 Å². The van der Waals surface area contributed by atoms with Crippen LogP contribution in [0.5, 0.6) is 0 Å². The van der Waals surface area contributed by atoms with E-state index in [1.54, 1.807) is 12.3 Å². The molecule has 1 fully saturated rings. The first kappa shape index (κ1) is 20.5. The van der Waals surface area contributed by atoms with Crippen molar-refractivity contribution in [2.75, 3.05) is 31.1 Å². The Bertz CT molecular complexity index is 1030. The molecule has 1 aliphatic rings. The van der Waals surface area contributed by atoms with E-state index in [1.807, 2.05) is 29.2 Å². The van der Waals surface area contributed by atoms with Gasteiger partial charge in [-0.25, -0.2) is 0 Å². The molecule has 1 aromatic heterocycles. The summed E-state index contributed by atoms with van der Waals surface area (Å²) >= 11 is 0. The van der Waals surface area contributed by atoms with Crippen molar-refractivity contribution in [1.82, 2.24) is 9.88 Å². The van der Waals surface area contributed by atoms with Gasteiger partial charge in [-0.15, -0.1) is 0 Å². The molecule has 1 radical (unpaired) electrons. The Kier molecular flexibility index (Phi) is 5.36. The topological polar surface area (TPSA) is 19.4 Å². The highest BCUT2D eigenvalue weighted by atomic mass is 19.4. The van der Waals surface area contributed by atoms with Crippen molar-refractivity contribution in [3.63, 3.8) is 0 Å². The number of hydrogen-bond donors (Lipinski definition) is 0. The third kappa shape index (κ3) is 4.09. The number of alkyl halides is 5. The first-order valence-electron chi connectivity index (χ1n) is 9.52. The lowest BCUT2D eigenvalue weighted by Gasteiger charge is -2.36. The van der Waals surface area contributed by atoms with Crippen LogP contribution in [0.15, 0.2) is 54.7 Å². The van der Waals surface area contributed by atoms with E-state index < -0.39 is 17.7 Å². The predicted octanol–water partition coefficient (Wildman–Crippen LogP) is 5.01. The molecule has 1 saturated heterocycles. The van der Waals surface area contributed by atoms with Gasteiger partial charge in [0.25, 0.3) is 0 Å². The van der Waals surface area contributed by atoms with Crippen molar-refractivity contribution in [1.29, 1.82) is 0 Å². The molecule has 30 heavy (non-hydrogen) atoms. The van der Waals surface area contributed by atoms with E-state index in [-0.39, 0.29) is 0 Å². The molecule has 3 aromatic rings. The Morgan fingerprint density at radius 2 is 1.67 bits per heavy atom. The van der Waals surface area contributed by atoms with E-state index in [0.717, 1.165) is 28.7 Å². The zero-order valence-electron chi connectivity index (χ0n) is 16.0. The number of aromatic nitrogens is 1. The molecule has 0 atom stereocenters. The van der Waals surface area contributed by atoms with Gasteiger partial charge in [0, 0.05) is 61.6 Å². The number of benzene rings is 2. The molecule has 3 nitrogen and oxygen atoms in total. The zero-order valence-corrected chi connectivity index (χ0v) is 16.0. The Labute approximate surface area is 170 Å². The van der Waals surface area contributed by atoms with Crippen LogP contribution < -0.4 is 4.90 Å². The fourth-order valence-electron chi connectivity index (χ4n) is 3.61. The largest absolute Gasteiger partial charge is 0.458 e. The van der Waals surface area contributed by atoms with Crippen LogP contribution in [-0.2, 0) is 12.5 Å². The first-order valence-corrected chi connectivity index (χ1v) is 9.52. The molecular formula is C22H19F5N3. The van der Waals surface area contributed by atoms with E-state index >= 15 is 0 Å². The third-order valence-electron chi connectivity index (χ3n) is 5.27. The molecule has 0 amide bonds. The first-order chi connectivity index (χ1) is 14.2. The van der Waals surface area contributed by atoms with Gasteiger partial charge in [-0.1, -0.05) is 24.3 Å². The summed E-state index contributed by atoms with van der Waals surface area (Å²) in [4.78, 5) is 8.51. The summed E-state index contributed by atoms with van der Waals surface area (Å²) in [5.74, 6) is -4.86. The number of hydrogen-bond acceptors (Lipinski definition) is 3. The van der Waals surface area contributed by atoms with Crippen LogP contribution in [0.1, 0.15) is 11.1 Å². The Balaban J connectivity index is 1.41. The van der Waals surface area contributed by atoms with Crippen LogP contribution in [0.2, 0.25) is 0 Å². The summed E-state index contributed by atoms with van der Waals surface area (Å²) in [7, 11) is 0. The van der Waals surface area contributed by atoms with Crippen LogP contribution >= 0.6 is 0 Å². The zero-order chi connectivity index (χ0) is 21.4. The SMILES string of the molecule is FC(F)(F)C(F)(F)c1cccc(CN2CCN(c3[c]c4cccnc4cc3)CC2)c1. The number of pyridine rings is 1. The number of piperazine rings is 1. The van der Waals surface area contributed by atoms with Crippen molar-refractivity contribution < 1.29 is 22.0 Å². The summed E-state index contributed by atoms with van der Waals surface area (Å²) in [6.07, 6.45) is -3.88. The quantitative estimate of drug-likeness (QED) is 0.553. The molecule has 0 unspecified atom stereocenters. The maximum atomic E-state index is 13.6. The maximum Gasteiger partial charge on any atom is 0.458 e. The summed E-state index contributed by atoms with van der Waals surface area (Å²) in [5.41, 5.74) is 1.25. The third-order valence-corrected chi connectivity index (χ3v) is 5.27. The Morgan fingerprint density at radius 3 is 2.40 bits per heavy atom. The number of halogens is 5. The van der Waals surface area contributed by atoms with E-state index in [0.29, 0.717) is 38.3 Å². The summed E-state index contributed by atoms with van der Waals surface area (Å²) in [6, 6.07) is 15.7. The van der Waals surface area contributed by atoms with E-state index in [2.05, 4.69) is 16.0 Å². The summed E-state index contributed by atoms with van der Waals surface area (Å²) < 4.78 is 65.2. The van der Waals surface area contributed by atoms with Gasteiger partial charge in [-0.05, 0) is 29.8 Å². The smallest absolute Gasteiger partial charge is 0.368 e. The molecule has 2 heterocycles. The molecule has 8 heteroatoms. The standard InChI is InChI=1S/C22H19F5N3/c23-21(24,22(25,26)27)18-5-1-3-16(13-18)15-29-9-11-30(12-10-29)19-6-7-20-17(14-19)4-2-8-28-20/h1-8,13H,9-12,15H2. The number of anilines is 1. The van der Waals surface area contributed by atoms with Crippen molar-refractivity contribution in [3.05, 3.63) is 71.9 Å². The van der Waals surface area contributed by atoms with Gasteiger partial charge in [0.1, 0.15) is 0 Å². The second kappa shape index (κ2) is 7.83. The second-order valence-electron chi connectivity index (χ2n) is 7.32. The molecule has 0 N–H and O–H groups in total. The molecule has 4 rings (SSSR count). The van der Waals surface area contributed by atoms with Gasteiger partial charge >= 0.3 is 12.1 Å². The van der Waals surface area contributed by atoms with Gasteiger partial charge in [-0.2, -0.15) is 22.0 Å². The van der Waals surface area contributed by atoms with Gasteiger partial charge in [0.2, 0.25) is 0 Å². The van der Waals surface area contributed by atoms with E-state index in [9.17, 15) is 22.0 Å². The van der Waals surface area contributed by atoms with Crippen molar-refractivity contribution in [2.45, 2.75) is 18.6 Å². The normalized spacial score (nSPS) is 16.2. The molecule has 0 spiro atoms. The fraction of sp³-hybridized carbons (Fsp3) is 0.318. The summed E-state index contributed by atoms with van der Waals surface area (Å²) in [5, 5.41) is 0.930. The number of nitrogens with zero attached hydrogens (tertiary/aromatic N) is 3. The van der Waals surface area contributed by atoms with Crippen LogP contribution in [0.3, 0.4) is 0 Å². The Hall–Kier alpha value is -2.74. The van der Waals surface area contributed by atoms with Crippen LogP contribution in [0.25, 0.3) is 10.9 Å². The van der Waals surface area contributed by atoms with Crippen molar-refractivity contribution in [2.24, 2.45) is 0 Å². The Morgan fingerprint density at radius 1 is 0.900 bits per heavy atom. The molecule has 2 aromatic carbocycles. The minimum Gasteiger partial charge on any atom is -0.368 e. The van der Waals surface area contributed by atoms with Gasteiger partial charge in [0.15, 0.2) is 0 Å². The molecule has 0 bridgehead atoms. The van der Waals surface area contributed by atoms with Crippen LogP contribution in [0.4, 0.5) is 27.6 Å². The minimum atomic E-state index is -5.61. The van der Waals surface area contributed by atoms with E-state index in [4.69, 9.17) is 0 Å². The van der Waals surface area contributed by atoms with Crippen LogP contribution in [0, 0.1) is 6.07 Å². The molecular weight excluding hydrogens is 401 g/mol. The van der Waals surface area contributed by atoms with Gasteiger partial charge < -0.3 is 4.90 Å². The lowest BCUT2D eigenvalue weighted by Crippen LogP contribution is -2.46. The fourth-order valence-corrected chi connectivity index (χ4v) is 3.61.